The SMILES string of the molecule is CCOC(=O)CC(C)CN1CCc2nc(-c3ccc(OCc4ccccc4)cc3)ncc2C1. The van der Waals surface area contributed by atoms with E-state index in [9.17, 15) is 4.79 Å². The van der Waals surface area contributed by atoms with Crippen LogP contribution in [-0.4, -0.2) is 40.5 Å². The number of esters is 1. The molecular formula is C27H31N3O3. The Morgan fingerprint density at radius 3 is 2.67 bits per heavy atom. The minimum Gasteiger partial charge on any atom is -0.489 e. The summed E-state index contributed by atoms with van der Waals surface area (Å²) in [4.78, 5) is 23.5. The molecular weight excluding hydrogens is 414 g/mol. The van der Waals surface area contributed by atoms with Crippen LogP contribution >= 0.6 is 0 Å². The van der Waals surface area contributed by atoms with Gasteiger partial charge in [-0.3, -0.25) is 9.69 Å². The largest absolute Gasteiger partial charge is 0.489 e. The quantitative estimate of drug-likeness (QED) is 0.446. The first kappa shape index (κ1) is 22.9. The average Bonchev–Trinajstić information content (AvgIpc) is 2.83. The first-order valence-corrected chi connectivity index (χ1v) is 11.6. The molecule has 6 heteroatoms. The highest BCUT2D eigenvalue weighted by atomic mass is 16.5. The summed E-state index contributed by atoms with van der Waals surface area (Å²) in [6.07, 6.45) is 3.28. The summed E-state index contributed by atoms with van der Waals surface area (Å²) in [5.74, 6) is 1.71. The molecule has 0 N–H and O–H groups in total. The Balaban J connectivity index is 1.33. The van der Waals surface area contributed by atoms with Gasteiger partial charge in [0.15, 0.2) is 5.82 Å². The van der Waals surface area contributed by atoms with Crippen LogP contribution in [0.4, 0.5) is 0 Å². The van der Waals surface area contributed by atoms with Gasteiger partial charge in [-0.15, -0.1) is 0 Å². The van der Waals surface area contributed by atoms with Crippen LogP contribution < -0.4 is 4.74 Å². The molecule has 0 bridgehead atoms. The van der Waals surface area contributed by atoms with Crippen molar-refractivity contribution >= 4 is 5.97 Å². The van der Waals surface area contributed by atoms with Crippen molar-refractivity contribution in [1.29, 1.82) is 0 Å². The second-order valence-corrected chi connectivity index (χ2v) is 8.56. The van der Waals surface area contributed by atoms with E-state index < -0.39 is 0 Å². The van der Waals surface area contributed by atoms with Gasteiger partial charge in [0, 0.05) is 49.8 Å². The maximum absolute atomic E-state index is 11.7. The maximum atomic E-state index is 11.7. The molecule has 33 heavy (non-hydrogen) atoms. The highest BCUT2D eigenvalue weighted by Gasteiger charge is 2.21. The predicted octanol–water partition coefficient (Wildman–Crippen LogP) is 4.67. The number of ether oxygens (including phenoxy) is 2. The number of hydrogen-bond acceptors (Lipinski definition) is 6. The van der Waals surface area contributed by atoms with E-state index in [1.54, 1.807) is 0 Å². The molecule has 0 spiro atoms. The standard InChI is InChI=1S/C27H31N3O3/c1-3-32-26(31)15-20(2)17-30-14-13-25-23(18-30)16-28-27(29-25)22-9-11-24(12-10-22)33-19-21-7-5-4-6-8-21/h4-12,16,20H,3,13-15,17-19H2,1-2H3. The first-order chi connectivity index (χ1) is 16.1. The van der Waals surface area contributed by atoms with Crippen LogP contribution in [0.15, 0.2) is 60.8 Å². The number of rotatable bonds is 9. The molecule has 1 atom stereocenters. The van der Waals surface area contributed by atoms with Crippen molar-refractivity contribution < 1.29 is 14.3 Å². The minimum absolute atomic E-state index is 0.119. The summed E-state index contributed by atoms with van der Waals surface area (Å²) >= 11 is 0. The van der Waals surface area contributed by atoms with Crippen LogP contribution in [0.5, 0.6) is 5.75 Å². The average molecular weight is 446 g/mol. The lowest BCUT2D eigenvalue weighted by molar-refractivity contribution is -0.144. The zero-order valence-corrected chi connectivity index (χ0v) is 19.4. The topological polar surface area (TPSA) is 64.5 Å². The fourth-order valence-electron chi connectivity index (χ4n) is 4.12. The van der Waals surface area contributed by atoms with E-state index in [1.807, 2.05) is 55.6 Å². The predicted molar refractivity (Wildman–Crippen MR) is 128 cm³/mol. The van der Waals surface area contributed by atoms with Crippen molar-refractivity contribution in [3.63, 3.8) is 0 Å². The van der Waals surface area contributed by atoms with Gasteiger partial charge >= 0.3 is 5.97 Å². The number of nitrogens with zero attached hydrogens (tertiary/aromatic N) is 3. The highest BCUT2D eigenvalue weighted by Crippen LogP contribution is 2.24. The van der Waals surface area contributed by atoms with E-state index >= 15 is 0 Å². The zero-order valence-electron chi connectivity index (χ0n) is 19.4. The molecule has 1 aliphatic rings. The number of benzene rings is 2. The summed E-state index contributed by atoms with van der Waals surface area (Å²) in [6, 6.07) is 18.1. The van der Waals surface area contributed by atoms with Crippen LogP contribution in [0.25, 0.3) is 11.4 Å². The fourth-order valence-corrected chi connectivity index (χ4v) is 4.12. The Morgan fingerprint density at radius 1 is 1.12 bits per heavy atom. The highest BCUT2D eigenvalue weighted by molar-refractivity contribution is 5.69. The van der Waals surface area contributed by atoms with E-state index in [4.69, 9.17) is 14.5 Å². The van der Waals surface area contributed by atoms with Gasteiger partial charge in [-0.2, -0.15) is 0 Å². The van der Waals surface area contributed by atoms with Gasteiger partial charge < -0.3 is 9.47 Å². The lowest BCUT2D eigenvalue weighted by Gasteiger charge is -2.30. The molecule has 172 valence electrons. The smallest absolute Gasteiger partial charge is 0.306 e. The van der Waals surface area contributed by atoms with Crippen molar-refractivity contribution in [2.24, 2.45) is 5.92 Å². The normalized spacial score (nSPS) is 14.4. The zero-order chi connectivity index (χ0) is 23.0. The van der Waals surface area contributed by atoms with E-state index in [1.165, 1.54) is 0 Å². The molecule has 0 fully saturated rings. The van der Waals surface area contributed by atoms with Crippen LogP contribution in [0.3, 0.4) is 0 Å². The number of carbonyl (C=O) groups is 1. The van der Waals surface area contributed by atoms with Crippen molar-refractivity contribution in [3.05, 3.63) is 77.6 Å². The molecule has 1 aromatic heterocycles. The number of hydrogen-bond donors (Lipinski definition) is 0. The van der Waals surface area contributed by atoms with Gasteiger partial charge in [-0.1, -0.05) is 37.3 Å². The third-order valence-electron chi connectivity index (χ3n) is 5.76. The van der Waals surface area contributed by atoms with Gasteiger partial charge in [0.1, 0.15) is 12.4 Å². The van der Waals surface area contributed by atoms with Gasteiger partial charge in [0.2, 0.25) is 0 Å². The van der Waals surface area contributed by atoms with Gasteiger partial charge in [-0.05, 0) is 42.7 Å². The number of aromatic nitrogens is 2. The molecule has 0 saturated carbocycles. The Kier molecular flexibility index (Phi) is 7.68. The molecule has 6 nitrogen and oxygen atoms in total. The Labute approximate surface area is 195 Å². The third kappa shape index (κ3) is 6.39. The maximum Gasteiger partial charge on any atom is 0.306 e. The molecule has 1 unspecified atom stereocenters. The first-order valence-electron chi connectivity index (χ1n) is 11.6. The van der Waals surface area contributed by atoms with E-state index in [0.717, 1.165) is 60.0 Å². The summed E-state index contributed by atoms with van der Waals surface area (Å²) < 4.78 is 10.9. The monoisotopic (exact) mass is 445 g/mol. The van der Waals surface area contributed by atoms with E-state index in [-0.39, 0.29) is 11.9 Å². The molecule has 0 aliphatic carbocycles. The molecule has 2 aromatic carbocycles. The number of fused-ring (bicyclic) bond motifs is 1. The fraction of sp³-hybridized carbons (Fsp3) is 0.370. The molecule has 0 saturated heterocycles. The molecule has 4 rings (SSSR count). The number of carbonyl (C=O) groups excluding carboxylic acids is 1. The van der Waals surface area contributed by atoms with Crippen LogP contribution in [0, 0.1) is 5.92 Å². The summed E-state index contributed by atoms with van der Waals surface area (Å²) in [7, 11) is 0. The van der Waals surface area contributed by atoms with Crippen molar-refractivity contribution in [2.45, 2.75) is 39.8 Å². The molecule has 0 amide bonds. The van der Waals surface area contributed by atoms with E-state index in [2.05, 4.69) is 28.9 Å². The van der Waals surface area contributed by atoms with Crippen molar-refractivity contribution in [1.82, 2.24) is 14.9 Å². The van der Waals surface area contributed by atoms with Crippen LogP contribution in [-0.2, 0) is 29.1 Å². The molecule has 0 radical (unpaired) electrons. The Hall–Kier alpha value is -3.25. The molecule has 3 aromatic rings. The second-order valence-electron chi connectivity index (χ2n) is 8.56. The van der Waals surface area contributed by atoms with Gasteiger partial charge in [-0.25, -0.2) is 9.97 Å². The minimum atomic E-state index is -0.119. The van der Waals surface area contributed by atoms with Crippen molar-refractivity contribution in [2.75, 3.05) is 19.7 Å². The van der Waals surface area contributed by atoms with E-state index in [0.29, 0.717) is 19.6 Å². The summed E-state index contributed by atoms with van der Waals surface area (Å²) in [6.45, 7) is 7.53. The molecule has 2 heterocycles. The second kappa shape index (κ2) is 11.1. The summed E-state index contributed by atoms with van der Waals surface area (Å²) in [5.41, 5.74) is 4.40. The third-order valence-corrected chi connectivity index (χ3v) is 5.76. The lowest BCUT2D eigenvalue weighted by Crippen LogP contribution is -2.35. The van der Waals surface area contributed by atoms with Gasteiger partial charge in [0.25, 0.3) is 0 Å². The van der Waals surface area contributed by atoms with Crippen LogP contribution in [0.1, 0.15) is 37.1 Å². The van der Waals surface area contributed by atoms with Crippen LogP contribution in [0.2, 0.25) is 0 Å². The molecule has 1 aliphatic heterocycles. The van der Waals surface area contributed by atoms with Crippen molar-refractivity contribution in [3.8, 4) is 17.1 Å². The Morgan fingerprint density at radius 2 is 1.91 bits per heavy atom. The Bertz CT molecular complexity index is 1050. The van der Waals surface area contributed by atoms with Gasteiger partial charge in [0.05, 0.1) is 12.3 Å². The lowest BCUT2D eigenvalue weighted by atomic mass is 10.0. The summed E-state index contributed by atoms with van der Waals surface area (Å²) in [5, 5.41) is 0.